The summed E-state index contributed by atoms with van der Waals surface area (Å²) in [5.74, 6) is -0.524. The summed E-state index contributed by atoms with van der Waals surface area (Å²) in [6.07, 6.45) is 3.48. The van der Waals surface area contributed by atoms with E-state index in [0.29, 0.717) is 23.1 Å². The summed E-state index contributed by atoms with van der Waals surface area (Å²) in [6.45, 7) is 6.57. The fourth-order valence-corrected chi connectivity index (χ4v) is 6.06. The number of carbonyl (C=O) groups excluding carboxylic acids is 1. The maximum Gasteiger partial charge on any atom is 0.274 e. The first-order valence-electron chi connectivity index (χ1n) is 12.7. The summed E-state index contributed by atoms with van der Waals surface area (Å²) in [5, 5.41) is 14.2. The predicted molar refractivity (Wildman–Crippen MR) is 150 cm³/mol. The molecule has 1 aliphatic rings. The van der Waals surface area contributed by atoms with Crippen molar-refractivity contribution in [3.05, 3.63) is 81.7 Å². The molecule has 0 saturated heterocycles. The van der Waals surface area contributed by atoms with Crippen LogP contribution in [0.15, 0.2) is 58.4 Å². The molecule has 0 spiro atoms. The molecule has 1 amide bonds. The summed E-state index contributed by atoms with van der Waals surface area (Å²) in [6, 6.07) is 12.4. The van der Waals surface area contributed by atoms with Crippen molar-refractivity contribution in [2.45, 2.75) is 44.1 Å². The summed E-state index contributed by atoms with van der Waals surface area (Å²) < 4.78 is 17.6. The molecule has 0 atom stereocenters. The minimum Gasteiger partial charge on any atom is -0.386 e. The number of carbonyl (C=O) groups is 1. The molecule has 4 aromatic rings. The van der Waals surface area contributed by atoms with Gasteiger partial charge in [-0.2, -0.15) is 0 Å². The monoisotopic (exact) mass is 534 g/mol. The number of rotatable bonds is 6. The van der Waals surface area contributed by atoms with Crippen molar-refractivity contribution in [1.29, 1.82) is 0 Å². The van der Waals surface area contributed by atoms with Gasteiger partial charge in [-0.3, -0.25) is 9.59 Å². The second-order valence-corrected chi connectivity index (χ2v) is 11.2. The van der Waals surface area contributed by atoms with Crippen molar-refractivity contribution in [3.63, 3.8) is 0 Å². The van der Waals surface area contributed by atoms with Crippen molar-refractivity contribution in [1.82, 2.24) is 14.9 Å². The fourth-order valence-electron chi connectivity index (χ4n) is 4.87. The Morgan fingerprint density at radius 1 is 1.18 bits per heavy atom. The van der Waals surface area contributed by atoms with Crippen molar-refractivity contribution in [2.75, 3.05) is 17.4 Å². The number of hydrogen-bond donors (Lipinski definition) is 3. The van der Waals surface area contributed by atoms with Crippen LogP contribution >= 0.6 is 11.9 Å². The smallest absolute Gasteiger partial charge is 0.274 e. The number of H-pyrrole nitrogens is 1. The molecule has 2 aromatic carbocycles. The maximum atomic E-state index is 13.9. The Kier molecular flexibility index (Phi) is 6.83. The van der Waals surface area contributed by atoms with Crippen LogP contribution in [0.4, 0.5) is 10.1 Å². The Hall–Kier alpha value is -3.56. The molecule has 7 nitrogen and oxygen atoms in total. The summed E-state index contributed by atoms with van der Waals surface area (Å²) in [7, 11) is 1.69. The molecular formula is C29H31FN4O3S. The van der Waals surface area contributed by atoms with E-state index in [9.17, 15) is 19.1 Å². The number of halogens is 1. The largest absolute Gasteiger partial charge is 0.386 e. The zero-order valence-corrected chi connectivity index (χ0v) is 22.7. The number of aromatic nitrogens is 2. The summed E-state index contributed by atoms with van der Waals surface area (Å²) >= 11 is 1.53. The van der Waals surface area contributed by atoms with Crippen LogP contribution in [0.2, 0.25) is 0 Å². The standard InChI is InChI=1S/C29H31FN4O3S/c1-5-31-27(35)23-15-21-22(16-33(4)28(36)26(21)32-23)20-10-8-18(29(2,3)37)14-25(20)38-34-12-6-7-17-13-19(30)9-11-24(17)34/h8-11,13-16,32,37H,5-7,12H2,1-4H3,(H,31,35). The van der Waals surface area contributed by atoms with Crippen molar-refractivity contribution < 1.29 is 14.3 Å². The van der Waals surface area contributed by atoms with E-state index < -0.39 is 5.60 Å². The highest BCUT2D eigenvalue weighted by Crippen LogP contribution is 2.42. The predicted octanol–water partition coefficient (Wildman–Crippen LogP) is 5.11. The Bertz CT molecular complexity index is 1600. The summed E-state index contributed by atoms with van der Waals surface area (Å²) in [5.41, 5.74) is 3.71. The number of benzene rings is 2. The van der Waals surface area contributed by atoms with Crippen molar-refractivity contribution in [2.24, 2.45) is 7.05 Å². The molecule has 5 rings (SSSR count). The van der Waals surface area contributed by atoms with E-state index in [4.69, 9.17) is 0 Å². The third kappa shape index (κ3) is 4.83. The third-order valence-corrected chi connectivity index (χ3v) is 7.99. The molecule has 198 valence electrons. The van der Waals surface area contributed by atoms with Crippen LogP contribution in [0.25, 0.3) is 22.0 Å². The van der Waals surface area contributed by atoms with Crippen LogP contribution in [0.5, 0.6) is 0 Å². The normalized spacial score (nSPS) is 13.6. The van der Waals surface area contributed by atoms with E-state index in [1.807, 2.05) is 31.2 Å². The zero-order valence-electron chi connectivity index (χ0n) is 21.9. The van der Waals surface area contributed by atoms with E-state index in [-0.39, 0.29) is 17.3 Å². The van der Waals surface area contributed by atoms with Crippen LogP contribution in [0.1, 0.15) is 48.8 Å². The number of hydrogen-bond acceptors (Lipinski definition) is 5. The Labute approximate surface area is 224 Å². The number of nitrogens with zero attached hydrogens (tertiary/aromatic N) is 2. The molecule has 0 fully saturated rings. The molecule has 0 aliphatic carbocycles. The number of pyridine rings is 1. The van der Waals surface area contributed by atoms with E-state index in [2.05, 4.69) is 14.6 Å². The molecule has 0 unspecified atom stereocenters. The molecule has 0 radical (unpaired) electrons. The number of aliphatic hydroxyl groups is 1. The van der Waals surface area contributed by atoms with Crippen molar-refractivity contribution >= 4 is 34.4 Å². The second kappa shape index (κ2) is 9.96. The van der Waals surface area contributed by atoms with Gasteiger partial charge in [0, 0.05) is 42.2 Å². The molecule has 0 bridgehead atoms. The Morgan fingerprint density at radius 2 is 1.97 bits per heavy atom. The molecule has 3 heterocycles. The Balaban J connectivity index is 1.68. The molecule has 38 heavy (non-hydrogen) atoms. The quantitative estimate of drug-likeness (QED) is 0.299. The van der Waals surface area contributed by atoms with Crippen LogP contribution < -0.4 is 15.2 Å². The molecule has 0 saturated carbocycles. The molecule has 3 N–H and O–H groups in total. The first kappa shape index (κ1) is 26.1. The van der Waals surface area contributed by atoms with Crippen LogP contribution in [0, 0.1) is 5.82 Å². The van der Waals surface area contributed by atoms with Gasteiger partial charge in [0.05, 0.1) is 11.3 Å². The van der Waals surface area contributed by atoms with E-state index in [1.54, 1.807) is 39.2 Å². The van der Waals surface area contributed by atoms with Gasteiger partial charge >= 0.3 is 0 Å². The SMILES string of the molecule is CCNC(=O)c1cc2c(-c3ccc(C(C)(C)O)cc3SN3CCCc4cc(F)ccc43)cn(C)c(=O)c2[nH]1. The highest BCUT2D eigenvalue weighted by atomic mass is 32.2. The average molecular weight is 535 g/mol. The van der Waals surface area contributed by atoms with Gasteiger partial charge in [0.2, 0.25) is 0 Å². The van der Waals surface area contributed by atoms with Gasteiger partial charge in [-0.15, -0.1) is 0 Å². The van der Waals surface area contributed by atoms with Gasteiger partial charge in [-0.25, -0.2) is 4.39 Å². The van der Waals surface area contributed by atoms with Gasteiger partial charge in [-0.05, 0) is 92.6 Å². The molecule has 2 aromatic heterocycles. The van der Waals surface area contributed by atoms with Crippen LogP contribution in [-0.2, 0) is 19.1 Å². The van der Waals surface area contributed by atoms with Crippen LogP contribution in [0.3, 0.4) is 0 Å². The van der Waals surface area contributed by atoms with Gasteiger partial charge in [-0.1, -0.05) is 12.1 Å². The number of amides is 1. The molecular weight excluding hydrogens is 503 g/mol. The average Bonchev–Trinajstić information content (AvgIpc) is 3.32. The number of anilines is 1. The van der Waals surface area contributed by atoms with E-state index in [1.165, 1.54) is 22.6 Å². The lowest BCUT2D eigenvalue weighted by atomic mass is 9.95. The highest BCUT2D eigenvalue weighted by Gasteiger charge is 2.24. The van der Waals surface area contributed by atoms with Gasteiger partial charge in [0.1, 0.15) is 17.0 Å². The minimum absolute atomic E-state index is 0.228. The minimum atomic E-state index is -1.06. The lowest BCUT2D eigenvalue weighted by Gasteiger charge is -2.31. The van der Waals surface area contributed by atoms with Gasteiger partial charge in [0.25, 0.3) is 11.5 Å². The van der Waals surface area contributed by atoms with Gasteiger partial charge < -0.3 is 24.3 Å². The topological polar surface area (TPSA) is 90.4 Å². The highest BCUT2D eigenvalue weighted by molar-refractivity contribution is 8.00. The lowest BCUT2D eigenvalue weighted by Crippen LogP contribution is -2.23. The summed E-state index contributed by atoms with van der Waals surface area (Å²) in [4.78, 5) is 29.4. The van der Waals surface area contributed by atoms with Gasteiger partial charge in [0.15, 0.2) is 0 Å². The zero-order chi connectivity index (χ0) is 27.2. The molecule has 1 aliphatic heterocycles. The fraction of sp³-hybridized carbons (Fsp3) is 0.310. The third-order valence-electron chi connectivity index (χ3n) is 6.85. The van der Waals surface area contributed by atoms with E-state index in [0.717, 1.165) is 52.2 Å². The number of aryl methyl sites for hydroxylation is 2. The van der Waals surface area contributed by atoms with E-state index >= 15 is 0 Å². The first-order valence-corrected chi connectivity index (χ1v) is 13.5. The Morgan fingerprint density at radius 3 is 2.71 bits per heavy atom. The first-order chi connectivity index (χ1) is 18.1. The number of aromatic amines is 1. The number of nitrogens with one attached hydrogen (secondary N) is 2. The maximum absolute atomic E-state index is 13.9. The molecule has 9 heteroatoms. The second-order valence-electron chi connectivity index (χ2n) is 10.1. The number of fused-ring (bicyclic) bond motifs is 2. The lowest BCUT2D eigenvalue weighted by molar-refractivity contribution is 0.0784. The van der Waals surface area contributed by atoms with Crippen molar-refractivity contribution in [3.8, 4) is 11.1 Å². The van der Waals surface area contributed by atoms with Crippen LogP contribution in [-0.4, -0.2) is 33.7 Å².